The number of H-pyrrole nitrogens is 1. The summed E-state index contributed by atoms with van der Waals surface area (Å²) in [5.74, 6) is -0.417. The Labute approximate surface area is 220 Å². The quantitative estimate of drug-likeness (QED) is 0.233. The fourth-order valence-corrected chi connectivity index (χ4v) is 4.74. The van der Waals surface area contributed by atoms with Crippen LogP contribution in [0.3, 0.4) is 0 Å². The second kappa shape index (κ2) is 10.1. The molecule has 2 N–H and O–H groups in total. The molecule has 0 radical (unpaired) electrons. The number of aryl methyl sites for hydroxylation is 1. The van der Waals surface area contributed by atoms with Crippen molar-refractivity contribution in [1.82, 2.24) is 15.0 Å². The van der Waals surface area contributed by atoms with Crippen molar-refractivity contribution in [3.05, 3.63) is 87.2 Å². The van der Waals surface area contributed by atoms with Crippen LogP contribution in [0.1, 0.15) is 15.9 Å². The van der Waals surface area contributed by atoms with E-state index in [2.05, 4.69) is 20.3 Å². The first-order chi connectivity index (χ1) is 17.4. The van der Waals surface area contributed by atoms with Gasteiger partial charge >= 0.3 is 5.97 Å². The standard InChI is InChI=1S/C26H18Cl2N4O3S/c1-14-2-4-15(5-3-14)24-29-20-9-6-16(10-21(20)30-24)25(34)35-12-23(33)32-26-31-22(13-36-26)18-8-7-17(27)11-19(18)28/h2-11,13H,12H2,1H3,(H,29,30)(H,31,32,33). The minimum Gasteiger partial charge on any atom is -0.452 e. The number of aromatic nitrogens is 3. The molecule has 180 valence electrons. The first kappa shape index (κ1) is 24.0. The first-order valence-corrected chi connectivity index (χ1v) is 12.4. The van der Waals surface area contributed by atoms with Gasteiger partial charge in [-0.1, -0.05) is 53.0 Å². The molecule has 0 aliphatic carbocycles. The Balaban J connectivity index is 1.21. The number of fused-ring (bicyclic) bond motifs is 1. The summed E-state index contributed by atoms with van der Waals surface area (Å²) >= 11 is 13.4. The molecular formula is C26H18Cl2N4O3S. The number of aromatic amines is 1. The summed E-state index contributed by atoms with van der Waals surface area (Å²) in [6.07, 6.45) is 0. The second-order valence-corrected chi connectivity index (χ2v) is 9.67. The van der Waals surface area contributed by atoms with Gasteiger partial charge in [-0.3, -0.25) is 10.1 Å². The number of hydrogen-bond donors (Lipinski definition) is 2. The van der Waals surface area contributed by atoms with Crippen LogP contribution in [0.15, 0.2) is 66.0 Å². The molecule has 0 atom stereocenters. The Morgan fingerprint density at radius 1 is 1.03 bits per heavy atom. The van der Waals surface area contributed by atoms with Crippen molar-refractivity contribution in [3.63, 3.8) is 0 Å². The van der Waals surface area contributed by atoms with E-state index in [0.29, 0.717) is 43.3 Å². The molecule has 36 heavy (non-hydrogen) atoms. The van der Waals surface area contributed by atoms with E-state index < -0.39 is 18.5 Å². The molecule has 2 heterocycles. The predicted molar refractivity (Wildman–Crippen MR) is 143 cm³/mol. The van der Waals surface area contributed by atoms with Gasteiger partial charge in [0.25, 0.3) is 5.91 Å². The minimum atomic E-state index is -0.619. The number of ether oxygens (including phenoxy) is 1. The molecule has 10 heteroatoms. The smallest absolute Gasteiger partial charge is 0.338 e. The van der Waals surface area contributed by atoms with E-state index in [1.807, 2.05) is 31.2 Å². The van der Waals surface area contributed by atoms with Gasteiger partial charge in [0.05, 0.1) is 27.3 Å². The minimum absolute atomic E-state index is 0.309. The summed E-state index contributed by atoms with van der Waals surface area (Å²) < 4.78 is 5.20. The largest absolute Gasteiger partial charge is 0.452 e. The Morgan fingerprint density at radius 2 is 1.83 bits per heavy atom. The molecular weight excluding hydrogens is 519 g/mol. The zero-order valence-corrected chi connectivity index (χ0v) is 21.2. The molecule has 0 aliphatic rings. The van der Waals surface area contributed by atoms with Crippen LogP contribution in [-0.2, 0) is 9.53 Å². The number of hydrogen-bond acceptors (Lipinski definition) is 6. The van der Waals surface area contributed by atoms with E-state index in [4.69, 9.17) is 27.9 Å². The molecule has 5 aromatic rings. The van der Waals surface area contributed by atoms with Crippen molar-refractivity contribution in [2.75, 3.05) is 11.9 Å². The Hall–Kier alpha value is -3.72. The average molecular weight is 537 g/mol. The lowest BCUT2D eigenvalue weighted by Crippen LogP contribution is -2.20. The fraction of sp³-hybridized carbons (Fsp3) is 0.0769. The number of amides is 1. The molecule has 0 unspecified atom stereocenters. The third-order valence-electron chi connectivity index (χ3n) is 5.33. The van der Waals surface area contributed by atoms with Gasteiger partial charge in [-0.15, -0.1) is 11.3 Å². The molecule has 1 amide bonds. The summed E-state index contributed by atoms with van der Waals surface area (Å²) in [7, 11) is 0. The Bertz CT molecular complexity index is 1590. The summed E-state index contributed by atoms with van der Waals surface area (Å²) in [5, 5.41) is 5.74. The summed E-state index contributed by atoms with van der Waals surface area (Å²) in [5.41, 5.74) is 5.13. The number of rotatable bonds is 6. The van der Waals surface area contributed by atoms with Crippen LogP contribution in [0.25, 0.3) is 33.7 Å². The van der Waals surface area contributed by atoms with Gasteiger partial charge in [0.2, 0.25) is 0 Å². The molecule has 7 nitrogen and oxygen atoms in total. The van der Waals surface area contributed by atoms with Gasteiger partial charge in [0, 0.05) is 21.5 Å². The van der Waals surface area contributed by atoms with Crippen molar-refractivity contribution in [1.29, 1.82) is 0 Å². The molecule has 0 aliphatic heterocycles. The summed E-state index contributed by atoms with van der Waals surface area (Å²) in [6, 6.07) is 18.1. The molecule has 0 fully saturated rings. The third kappa shape index (κ3) is 5.26. The molecule has 5 rings (SSSR count). The van der Waals surface area contributed by atoms with Crippen LogP contribution in [0.5, 0.6) is 0 Å². The van der Waals surface area contributed by atoms with Crippen molar-refractivity contribution < 1.29 is 14.3 Å². The van der Waals surface area contributed by atoms with Crippen LogP contribution in [-0.4, -0.2) is 33.4 Å². The first-order valence-electron chi connectivity index (χ1n) is 10.8. The number of halogens is 2. The fourth-order valence-electron chi connectivity index (χ4n) is 3.51. The zero-order valence-electron chi connectivity index (χ0n) is 18.8. The van der Waals surface area contributed by atoms with Crippen LogP contribution in [0, 0.1) is 6.92 Å². The van der Waals surface area contributed by atoms with Gasteiger partial charge in [-0.05, 0) is 43.3 Å². The predicted octanol–water partition coefficient (Wildman–Crippen LogP) is 6.76. The highest BCUT2D eigenvalue weighted by atomic mass is 35.5. The van der Waals surface area contributed by atoms with Crippen molar-refractivity contribution in [3.8, 4) is 22.6 Å². The third-order valence-corrected chi connectivity index (χ3v) is 6.64. The Morgan fingerprint density at radius 3 is 2.61 bits per heavy atom. The van der Waals surface area contributed by atoms with Crippen LogP contribution in [0.2, 0.25) is 10.0 Å². The number of carbonyl (C=O) groups excluding carboxylic acids is 2. The lowest BCUT2D eigenvalue weighted by atomic mass is 10.1. The number of nitrogens with one attached hydrogen (secondary N) is 2. The van der Waals surface area contributed by atoms with E-state index in [1.54, 1.807) is 41.8 Å². The molecule has 0 spiro atoms. The van der Waals surface area contributed by atoms with E-state index in [9.17, 15) is 9.59 Å². The summed E-state index contributed by atoms with van der Waals surface area (Å²) in [6.45, 7) is 1.57. The van der Waals surface area contributed by atoms with Crippen molar-refractivity contribution in [2.45, 2.75) is 6.92 Å². The van der Waals surface area contributed by atoms with Crippen LogP contribution >= 0.6 is 34.5 Å². The number of imidazole rings is 1. The van der Waals surface area contributed by atoms with Crippen molar-refractivity contribution in [2.24, 2.45) is 0 Å². The molecule has 3 aromatic carbocycles. The maximum Gasteiger partial charge on any atom is 0.338 e. The SMILES string of the molecule is Cc1ccc(-c2nc3ccc(C(=O)OCC(=O)Nc4nc(-c5ccc(Cl)cc5Cl)cs4)cc3[nH]2)cc1. The molecule has 0 saturated carbocycles. The molecule has 0 saturated heterocycles. The van der Waals surface area contributed by atoms with Gasteiger partial charge in [-0.25, -0.2) is 14.8 Å². The lowest BCUT2D eigenvalue weighted by Gasteiger charge is -2.05. The van der Waals surface area contributed by atoms with Crippen molar-refractivity contribution >= 4 is 62.6 Å². The lowest BCUT2D eigenvalue weighted by molar-refractivity contribution is -0.119. The van der Waals surface area contributed by atoms with Crippen LogP contribution in [0.4, 0.5) is 5.13 Å². The van der Waals surface area contributed by atoms with E-state index in [1.165, 1.54) is 11.3 Å². The number of anilines is 1. The van der Waals surface area contributed by atoms with E-state index in [0.717, 1.165) is 16.6 Å². The Kier molecular flexibility index (Phi) is 6.73. The van der Waals surface area contributed by atoms with E-state index in [-0.39, 0.29) is 0 Å². The monoisotopic (exact) mass is 536 g/mol. The highest BCUT2D eigenvalue weighted by molar-refractivity contribution is 7.14. The number of esters is 1. The maximum atomic E-state index is 12.5. The molecule has 2 aromatic heterocycles. The zero-order chi connectivity index (χ0) is 25.2. The highest BCUT2D eigenvalue weighted by Crippen LogP contribution is 2.32. The van der Waals surface area contributed by atoms with E-state index >= 15 is 0 Å². The highest BCUT2D eigenvalue weighted by Gasteiger charge is 2.15. The maximum absolute atomic E-state index is 12.5. The number of thiazole rings is 1. The topological polar surface area (TPSA) is 97.0 Å². The van der Waals surface area contributed by atoms with Gasteiger partial charge in [-0.2, -0.15) is 0 Å². The summed E-state index contributed by atoms with van der Waals surface area (Å²) in [4.78, 5) is 37.0. The number of carbonyl (C=O) groups is 2. The molecule has 0 bridgehead atoms. The normalized spacial score (nSPS) is 11.0. The van der Waals surface area contributed by atoms with Gasteiger partial charge < -0.3 is 9.72 Å². The van der Waals surface area contributed by atoms with Gasteiger partial charge in [0.1, 0.15) is 5.82 Å². The second-order valence-electron chi connectivity index (χ2n) is 7.97. The van der Waals surface area contributed by atoms with Gasteiger partial charge in [0.15, 0.2) is 11.7 Å². The number of nitrogens with zero attached hydrogens (tertiary/aromatic N) is 2. The van der Waals surface area contributed by atoms with Crippen LogP contribution < -0.4 is 5.32 Å². The number of benzene rings is 3. The average Bonchev–Trinajstić information content (AvgIpc) is 3.49.